The molecule has 0 radical (unpaired) electrons. The van der Waals surface area contributed by atoms with Crippen molar-refractivity contribution in [3.63, 3.8) is 0 Å². The van der Waals surface area contributed by atoms with E-state index in [-0.39, 0.29) is 23.6 Å². The molecule has 1 saturated heterocycles. The summed E-state index contributed by atoms with van der Waals surface area (Å²) in [7, 11) is 0. The highest BCUT2D eigenvalue weighted by Gasteiger charge is 2.36. The van der Waals surface area contributed by atoms with E-state index in [4.69, 9.17) is 4.74 Å². The first-order valence-corrected chi connectivity index (χ1v) is 9.34. The van der Waals surface area contributed by atoms with Gasteiger partial charge in [-0.1, -0.05) is 31.4 Å². The van der Waals surface area contributed by atoms with Crippen LogP contribution in [-0.2, 0) is 14.9 Å². The maximum absolute atomic E-state index is 13.3. The minimum atomic E-state index is -0.846. The zero-order valence-corrected chi connectivity index (χ0v) is 14.7. The summed E-state index contributed by atoms with van der Waals surface area (Å²) in [5.74, 6) is -0.355. The Labute approximate surface area is 148 Å². The highest BCUT2D eigenvalue weighted by Crippen LogP contribution is 2.35. The van der Waals surface area contributed by atoms with Crippen LogP contribution in [-0.4, -0.2) is 36.4 Å². The van der Waals surface area contributed by atoms with E-state index in [0.717, 1.165) is 37.7 Å². The van der Waals surface area contributed by atoms with Gasteiger partial charge in [-0.05, 0) is 43.4 Å². The summed E-state index contributed by atoms with van der Waals surface area (Å²) >= 11 is 0. The smallest absolute Gasteiger partial charge is 0.222 e. The third-order valence-corrected chi connectivity index (χ3v) is 5.80. The summed E-state index contributed by atoms with van der Waals surface area (Å²) < 4.78 is 18.8. The molecular weight excluding hydrogens is 321 g/mol. The number of hydrogen-bond acceptors (Lipinski definition) is 3. The van der Waals surface area contributed by atoms with Gasteiger partial charge in [0.15, 0.2) is 0 Å². The normalized spacial score (nSPS) is 22.3. The van der Waals surface area contributed by atoms with Crippen LogP contribution in [0.2, 0.25) is 0 Å². The Hall–Kier alpha value is -1.46. The van der Waals surface area contributed by atoms with Crippen molar-refractivity contribution in [2.45, 2.75) is 62.4 Å². The lowest BCUT2D eigenvalue weighted by molar-refractivity contribution is -0.128. The molecule has 3 rings (SSSR count). The van der Waals surface area contributed by atoms with Crippen molar-refractivity contribution in [2.75, 3.05) is 19.8 Å². The minimum Gasteiger partial charge on any atom is -0.389 e. The van der Waals surface area contributed by atoms with E-state index >= 15 is 0 Å². The van der Waals surface area contributed by atoms with Crippen molar-refractivity contribution in [1.82, 2.24) is 5.32 Å². The number of amides is 1. The zero-order valence-electron chi connectivity index (χ0n) is 14.7. The fraction of sp³-hybridized carbons (Fsp3) is 0.650. The van der Waals surface area contributed by atoms with E-state index in [9.17, 15) is 14.3 Å². The second kappa shape index (κ2) is 7.83. The summed E-state index contributed by atoms with van der Waals surface area (Å²) in [6.07, 6.45) is 6.28. The number of aliphatic hydroxyl groups is 1. The van der Waals surface area contributed by atoms with Gasteiger partial charge in [-0.25, -0.2) is 4.39 Å². The molecule has 1 amide bonds. The van der Waals surface area contributed by atoms with Crippen LogP contribution in [0, 0.1) is 5.82 Å². The number of halogens is 1. The molecule has 1 aliphatic carbocycles. The standard InChI is InChI=1S/C20H28FNO3/c21-17-6-4-16(5-7-17)19(10-12-25-13-11-19)15-22-18(23)14-20(24)8-2-1-3-9-20/h4-7,24H,1-3,8-15H2,(H,22,23). The van der Waals surface area contributed by atoms with Crippen LogP contribution in [0.25, 0.3) is 0 Å². The lowest BCUT2D eigenvalue weighted by Crippen LogP contribution is -2.46. The van der Waals surface area contributed by atoms with Crippen molar-refractivity contribution >= 4 is 5.91 Å². The Bertz CT molecular complexity index is 575. The van der Waals surface area contributed by atoms with E-state index in [1.165, 1.54) is 12.1 Å². The molecule has 1 heterocycles. The van der Waals surface area contributed by atoms with Gasteiger partial charge in [-0.2, -0.15) is 0 Å². The van der Waals surface area contributed by atoms with Crippen molar-refractivity contribution in [1.29, 1.82) is 0 Å². The first-order valence-electron chi connectivity index (χ1n) is 9.34. The molecule has 0 aromatic heterocycles. The molecule has 1 aromatic rings. The average Bonchev–Trinajstić information content (AvgIpc) is 2.62. The quantitative estimate of drug-likeness (QED) is 0.859. The SMILES string of the molecule is O=C(CC1(O)CCCCC1)NCC1(c2ccc(F)cc2)CCOCC1. The molecule has 2 aliphatic rings. The number of benzene rings is 1. The fourth-order valence-electron chi connectivity index (χ4n) is 4.15. The highest BCUT2D eigenvalue weighted by molar-refractivity contribution is 5.77. The predicted molar refractivity (Wildman–Crippen MR) is 93.8 cm³/mol. The van der Waals surface area contributed by atoms with Gasteiger partial charge in [0.25, 0.3) is 0 Å². The number of hydrogen-bond donors (Lipinski definition) is 2. The lowest BCUT2D eigenvalue weighted by Gasteiger charge is -2.38. The van der Waals surface area contributed by atoms with Gasteiger partial charge in [0.2, 0.25) is 5.91 Å². The zero-order chi connectivity index (χ0) is 17.8. The van der Waals surface area contributed by atoms with Crippen molar-refractivity contribution in [2.24, 2.45) is 0 Å². The Morgan fingerprint density at radius 2 is 1.72 bits per heavy atom. The van der Waals surface area contributed by atoms with Gasteiger partial charge >= 0.3 is 0 Å². The third kappa shape index (κ3) is 4.59. The summed E-state index contributed by atoms with van der Waals surface area (Å²) in [4.78, 5) is 12.4. The molecule has 1 saturated carbocycles. The van der Waals surface area contributed by atoms with Crippen LogP contribution in [0.1, 0.15) is 56.9 Å². The van der Waals surface area contributed by atoms with Crippen LogP contribution in [0.15, 0.2) is 24.3 Å². The van der Waals surface area contributed by atoms with Crippen molar-refractivity contribution in [3.8, 4) is 0 Å². The van der Waals surface area contributed by atoms with E-state index in [1.54, 1.807) is 0 Å². The molecule has 0 atom stereocenters. The van der Waals surface area contributed by atoms with E-state index < -0.39 is 5.60 Å². The molecule has 4 nitrogen and oxygen atoms in total. The summed E-state index contributed by atoms with van der Waals surface area (Å²) in [6, 6.07) is 6.56. The number of ether oxygens (including phenoxy) is 1. The molecule has 1 aliphatic heterocycles. The topological polar surface area (TPSA) is 58.6 Å². The van der Waals surface area contributed by atoms with Gasteiger partial charge in [-0.3, -0.25) is 4.79 Å². The van der Waals surface area contributed by atoms with Gasteiger partial charge in [0, 0.05) is 25.2 Å². The van der Waals surface area contributed by atoms with Crippen LogP contribution in [0.3, 0.4) is 0 Å². The van der Waals surface area contributed by atoms with Crippen LogP contribution in [0.4, 0.5) is 4.39 Å². The Morgan fingerprint density at radius 1 is 1.08 bits per heavy atom. The maximum atomic E-state index is 13.3. The minimum absolute atomic E-state index is 0.0996. The third-order valence-electron chi connectivity index (χ3n) is 5.80. The summed E-state index contributed by atoms with van der Waals surface area (Å²) in [5.41, 5.74) is -0.0356. The lowest BCUT2D eigenvalue weighted by atomic mass is 9.74. The van der Waals surface area contributed by atoms with E-state index in [2.05, 4.69) is 5.32 Å². The van der Waals surface area contributed by atoms with Gasteiger partial charge < -0.3 is 15.2 Å². The van der Waals surface area contributed by atoms with Crippen LogP contribution >= 0.6 is 0 Å². The molecule has 2 fully saturated rings. The fourth-order valence-corrected chi connectivity index (χ4v) is 4.15. The largest absolute Gasteiger partial charge is 0.389 e. The van der Waals surface area contributed by atoms with Crippen LogP contribution < -0.4 is 5.32 Å². The van der Waals surface area contributed by atoms with E-state index in [0.29, 0.717) is 32.6 Å². The molecular formula is C20H28FNO3. The average molecular weight is 349 g/mol. The maximum Gasteiger partial charge on any atom is 0.222 e. The first kappa shape index (κ1) is 18.3. The molecule has 0 unspecified atom stereocenters. The number of carbonyl (C=O) groups is 1. The number of nitrogens with one attached hydrogen (secondary N) is 1. The van der Waals surface area contributed by atoms with Gasteiger partial charge in [-0.15, -0.1) is 0 Å². The molecule has 2 N–H and O–H groups in total. The molecule has 0 spiro atoms. The molecule has 138 valence electrons. The summed E-state index contributed by atoms with van der Waals surface area (Å²) in [5, 5.41) is 13.6. The molecule has 25 heavy (non-hydrogen) atoms. The Morgan fingerprint density at radius 3 is 2.36 bits per heavy atom. The molecule has 0 bridgehead atoms. The monoisotopic (exact) mass is 349 g/mol. The second-order valence-electron chi connectivity index (χ2n) is 7.64. The summed E-state index contributed by atoms with van der Waals surface area (Å²) in [6.45, 7) is 1.77. The number of carbonyl (C=O) groups excluding carboxylic acids is 1. The highest BCUT2D eigenvalue weighted by atomic mass is 19.1. The number of rotatable bonds is 5. The molecule has 5 heteroatoms. The Balaban J connectivity index is 1.64. The van der Waals surface area contributed by atoms with Crippen molar-refractivity contribution in [3.05, 3.63) is 35.6 Å². The Kier molecular flexibility index (Phi) is 5.74. The van der Waals surface area contributed by atoms with Gasteiger partial charge in [0.05, 0.1) is 12.0 Å². The first-order chi connectivity index (χ1) is 12.0. The van der Waals surface area contributed by atoms with E-state index in [1.807, 2.05) is 12.1 Å². The predicted octanol–water partition coefficient (Wildman–Crippen LogP) is 3.08. The van der Waals surface area contributed by atoms with Crippen molar-refractivity contribution < 1.29 is 19.0 Å². The van der Waals surface area contributed by atoms with Gasteiger partial charge in [0.1, 0.15) is 5.82 Å². The molecule has 1 aromatic carbocycles. The second-order valence-corrected chi connectivity index (χ2v) is 7.64. The van der Waals surface area contributed by atoms with Crippen LogP contribution in [0.5, 0.6) is 0 Å².